The van der Waals surface area contributed by atoms with E-state index < -0.39 is 10.0 Å². The van der Waals surface area contributed by atoms with Gasteiger partial charge in [0.2, 0.25) is 0 Å². The van der Waals surface area contributed by atoms with Crippen molar-refractivity contribution in [1.29, 1.82) is 0 Å². The van der Waals surface area contributed by atoms with Crippen LogP contribution in [0, 0.1) is 6.92 Å². The van der Waals surface area contributed by atoms with Gasteiger partial charge in [0.25, 0.3) is 10.0 Å². The fraction of sp³-hybridized carbons (Fsp3) is 0.333. The van der Waals surface area contributed by atoms with E-state index in [9.17, 15) is 8.42 Å². The van der Waals surface area contributed by atoms with E-state index in [-0.39, 0.29) is 4.90 Å². The average Bonchev–Trinajstić information content (AvgIpc) is 3.29. The molecule has 0 aliphatic heterocycles. The summed E-state index contributed by atoms with van der Waals surface area (Å²) in [6.07, 6.45) is 2.51. The predicted octanol–water partition coefficient (Wildman–Crippen LogP) is 4.45. The van der Waals surface area contributed by atoms with Crippen molar-refractivity contribution < 1.29 is 12.8 Å². The lowest BCUT2D eigenvalue weighted by molar-refractivity contribution is 0.521. The molecule has 26 heavy (non-hydrogen) atoms. The number of rotatable bonds is 6. The predicted molar refractivity (Wildman–Crippen MR) is 103 cm³/mol. The number of hydrogen-bond donors (Lipinski definition) is 0. The van der Waals surface area contributed by atoms with Gasteiger partial charge in [0.15, 0.2) is 11.0 Å². The SMILES string of the molecule is CC[C@@H](C)c1csc(N(C)S(=O)(=O)c2ccc(-c3coc(C)n3)cc2)n1. The van der Waals surface area contributed by atoms with E-state index >= 15 is 0 Å². The molecule has 138 valence electrons. The Kier molecular flexibility index (Phi) is 5.15. The maximum absolute atomic E-state index is 12.9. The number of thiazole rings is 1. The lowest BCUT2D eigenvalue weighted by atomic mass is 10.1. The van der Waals surface area contributed by atoms with Gasteiger partial charge in [0, 0.05) is 24.9 Å². The van der Waals surface area contributed by atoms with Crippen molar-refractivity contribution in [2.45, 2.75) is 38.0 Å². The Morgan fingerprint density at radius 3 is 2.50 bits per heavy atom. The molecule has 0 radical (unpaired) electrons. The number of hydrogen-bond acceptors (Lipinski definition) is 6. The average molecular weight is 392 g/mol. The van der Waals surface area contributed by atoms with Crippen LogP contribution >= 0.6 is 11.3 Å². The molecule has 2 heterocycles. The number of anilines is 1. The quantitative estimate of drug-likeness (QED) is 0.621. The summed E-state index contributed by atoms with van der Waals surface area (Å²) >= 11 is 1.34. The van der Waals surface area contributed by atoms with Crippen molar-refractivity contribution in [3.63, 3.8) is 0 Å². The standard InChI is InChI=1S/C18H21N3O3S2/c1-5-12(2)17-11-25-18(20-17)21(4)26(22,23)15-8-6-14(7-9-15)16-10-24-13(3)19-16/h6-12H,5H2,1-4H3/t12-/m1/s1. The Morgan fingerprint density at radius 2 is 1.92 bits per heavy atom. The number of aromatic nitrogens is 2. The normalized spacial score (nSPS) is 12.9. The van der Waals surface area contributed by atoms with Crippen molar-refractivity contribution in [2.75, 3.05) is 11.4 Å². The van der Waals surface area contributed by atoms with E-state index in [4.69, 9.17) is 4.42 Å². The molecule has 0 amide bonds. The maximum atomic E-state index is 12.9. The van der Waals surface area contributed by atoms with E-state index in [0.717, 1.165) is 17.7 Å². The molecule has 1 atom stereocenters. The van der Waals surface area contributed by atoms with Gasteiger partial charge in [0.05, 0.1) is 10.6 Å². The molecule has 3 aromatic rings. The molecule has 0 N–H and O–H groups in total. The molecular formula is C18H21N3O3S2. The van der Waals surface area contributed by atoms with Crippen molar-refractivity contribution >= 4 is 26.5 Å². The van der Waals surface area contributed by atoms with Gasteiger partial charge in [-0.2, -0.15) is 0 Å². The summed E-state index contributed by atoms with van der Waals surface area (Å²) in [7, 11) is -2.14. The minimum absolute atomic E-state index is 0.212. The third kappa shape index (κ3) is 3.52. The molecule has 6 nitrogen and oxygen atoms in total. The van der Waals surface area contributed by atoms with Crippen molar-refractivity contribution in [1.82, 2.24) is 9.97 Å². The van der Waals surface area contributed by atoms with Gasteiger partial charge < -0.3 is 4.42 Å². The van der Waals surface area contributed by atoms with E-state index in [0.29, 0.717) is 22.6 Å². The second-order valence-corrected chi connectivity index (χ2v) is 8.92. The molecule has 0 aliphatic rings. The summed E-state index contributed by atoms with van der Waals surface area (Å²) in [6.45, 7) is 5.93. The molecular weight excluding hydrogens is 370 g/mol. The number of nitrogens with zero attached hydrogens (tertiary/aromatic N) is 3. The van der Waals surface area contributed by atoms with Crippen LogP contribution < -0.4 is 4.31 Å². The number of oxazole rings is 1. The van der Waals surface area contributed by atoms with Crippen molar-refractivity contribution in [3.8, 4) is 11.3 Å². The van der Waals surface area contributed by atoms with Gasteiger partial charge in [-0.3, -0.25) is 0 Å². The van der Waals surface area contributed by atoms with Gasteiger partial charge in [-0.1, -0.05) is 26.0 Å². The largest absolute Gasteiger partial charge is 0.449 e. The summed E-state index contributed by atoms with van der Waals surface area (Å²) < 4.78 is 32.2. The Hall–Kier alpha value is -2.19. The summed E-state index contributed by atoms with van der Waals surface area (Å²) in [6, 6.07) is 6.61. The van der Waals surface area contributed by atoms with E-state index in [2.05, 4.69) is 23.8 Å². The van der Waals surface area contributed by atoms with E-state index in [1.54, 1.807) is 37.5 Å². The van der Waals surface area contributed by atoms with Crippen LogP contribution in [0.15, 0.2) is 45.2 Å². The van der Waals surface area contributed by atoms with Crippen LogP contribution in [-0.2, 0) is 10.0 Å². The van der Waals surface area contributed by atoms with Crippen LogP contribution in [0.2, 0.25) is 0 Å². The Labute approximate surface area is 157 Å². The lowest BCUT2D eigenvalue weighted by Crippen LogP contribution is -2.26. The van der Waals surface area contributed by atoms with Crippen LogP contribution in [0.3, 0.4) is 0 Å². The zero-order valence-electron chi connectivity index (χ0n) is 15.1. The highest BCUT2D eigenvalue weighted by atomic mass is 32.2. The third-order valence-corrected chi connectivity index (χ3v) is 7.14. The van der Waals surface area contributed by atoms with Crippen LogP contribution in [-0.4, -0.2) is 25.4 Å². The summed E-state index contributed by atoms with van der Waals surface area (Å²) in [5.74, 6) is 0.874. The summed E-state index contributed by atoms with van der Waals surface area (Å²) in [4.78, 5) is 8.94. The smallest absolute Gasteiger partial charge is 0.265 e. The molecule has 0 bridgehead atoms. The van der Waals surface area contributed by atoms with Crippen LogP contribution in [0.1, 0.15) is 37.8 Å². The summed E-state index contributed by atoms with van der Waals surface area (Å²) in [5, 5.41) is 2.39. The van der Waals surface area contributed by atoms with E-state index in [1.165, 1.54) is 22.7 Å². The van der Waals surface area contributed by atoms with Gasteiger partial charge in [-0.25, -0.2) is 22.7 Å². The molecule has 0 fully saturated rings. The van der Waals surface area contributed by atoms with Crippen molar-refractivity contribution in [2.24, 2.45) is 0 Å². The molecule has 0 aliphatic carbocycles. The van der Waals surface area contributed by atoms with Crippen LogP contribution in [0.5, 0.6) is 0 Å². The molecule has 0 unspecified atom stereocenters. The third-order valence-electron chi connectivity index (χ3n) is 4.32. The van der Waals surface area contributed by atoms with Gasteiger partial charge in [-0.05, 0) is 24.5 Å². The highest BCUT2D eigenvalue weighted by Gasteiger charge is 2.24. The first-order chi connectivity index (χ1) is 12.3. The second-order valence-electron chi connectivity index (χ2n) is 6.11. The monoisotopic (exact) mass is 391 g/mol. The minimum atomic E-state index is -3.67. The van der Waals surface area contributed by atoms with E-state index in [1.807, 2.05) is 5.38 Å². The molecule has 1 aromatic carbocycles. The summed E-state index contributed by atoms with van der Waals surface area (Å²) in [5.41, 5.74) is 2.40. The molecule has 3 rings (SSSR count). The number of benzene rings is 1. The topological polar surface area (TPSA) is 76.3 Å². The second kappa shape index (κ2) is 7.20. The van der Waals surface area contributed by atoms with Gasteiger partial charge in [-0.15, -0.1) is 11.3 Å². The first-order valence-electron chi connectivity index (χ1n) is 8.30. The first-order valence-corrected chi connectivity index (χ1v) is 10.6. The molecule has 8 heteroatoms. The molecule has 2 aromatic heterocycles. The fourth-order valence-electron chi connectivity index (χ4n) is 2.41. The molecule has 0 saturated carbocycles. The Morgan fingerprint density at radius 1 is 1.23 bits per heavy atom. The zero-order chi connectivity index (χ0) is 18.9. The van der Waals surface area contributed by atoms with Gasteiger partial charge >= 0.3 is 0 Å². The maximum Gasteiger partial charge on any atom is 0.265 e. The lowest BCUT2D eigenvalue weighted by Gasteiger charge is -2.16. The number of aryl methyl sites for hydroxylation is 1. The highest BCUT2D eigenvalue weighted by molar-refractivity contribution is 7.93. The fourth-order valence-corrected chi connectivity index (χ4v) is 4.69. The van der Waals surface area contributed by atoms with Crippen molar-refractivity contribution in [3.05, 3.63) is 47.5 Å². The van der Waals surface area contributed by atoms with Crippen LogP contribution in [0.4, 0.5) is 5.13 Å². The molecule has 0 spiro atoms. The number of sulfonamides is 1. The Bertz CT molecular complexity index is 991. The first kappa shape index (κ1) is 18.6. The highest BCUT2D eigenvalue weighted by Crippen LogP contribution is 2.30. The Balaban J connectivity index is 1.86. The molecule has 0 saturated heterocycles. The zero-order valence-corrected chi connectivity index (χ0v) is 16.8. The van der Waals surface area contributed by atoms with Crippen LogP contribution in [0.25, 0.3) is 11.3 Å². The van der Waals surface area contributed by atoms with Gasteiger partial charge in [0.1, 0.15) is 12.0 Å². The minimum Gasteiger partial charge on any atom is -0.449 e.